The van der Waals surface area contributed by atoms with Gasteiger partial charge in [0.1, 0.15) is 4.88 Å². The normalized spacial score (nSPS) is 17.2. The van der Waals surface area contributed by atoms with Crippen LogP contribution in [0.15, 0.2) is 23.8 Å². The Morgan fingerprint density at radius 1 is 1.48 bits per heavy atom. The molecular formula is C17H20N6OS. The summed E-state index contributed by atoms with van der Waals surface area (Å²) in [6, 6.07) is 4.04. The fourth-order valence-electron chi connectivity index (χ4n) is 3.25. The summed E-state index contributed by atoms with van der Waals surface area (Å²) in [5.41, 5.74) is 4.45. The summed E-state index contributed by atoms with van der Waals surface area (Å²) in [5.74, 6) is 0.354. The highest BCUT2D eigenvalue weighted by Crippen LogP contribution is 2.27. The number of hydrogen-bond donors (Lipinski definition) is 2. The Morgan fingerprint density at radius 2 is 2.40 bits per heavy atom. The number of amides is 1. The number of pyridine rings is 1. The minimum atomic E-state index is -0.0790. The van der Waals surface area contributed by atoms with Crippen LogP contribution in [-0.2, 0) is 6.54 Å². The Balaban J connectivity index is 1.50. The monoisotopic (exact) mass is 356 g/mol. The molecule has 0 radical (unpaired) electrons. The predicted octanol–water partition coefficient (Wildman–Crippen LogP) is 1.70. The predicted molar refractivity (Wildman–Crippen MR) is 96.9 cm³/mol. The summed E-state index contributed by atoms with van der Waals surface area (Å²) in [6.45, 7) is 4.94. The highest BCUT2D eigenvalue weighted by molar-refractivity contribution is 7.11. The maximum atomic E-state index is 12.2. The van der Waals surface area contributed by atoms with E-state index in [0.717, 1.165) is 41.9 Å². The van der Waals surface area contributed by atoms with E-state index in [4.69, 9.17) is 5.10 Å². The molecule has 8 heteroatoms. The van der Waals surface area contributed by atoms with Crippen molar-refractivity contribution in [1.29, 1.82) is 0 Å². The molecule has 0 saturated carbocycles. The van der Waals surface area contributed by atoms with Crippen molar-refractivity contribution in [3.63, 3.8) is 0 Å². The fourth-order valence-corrected chi connectivity index (χ4v) is 3.97. The summed E-state index contributed by atoms with van der Waals surface area (Å²) in [4.78, 5) is 21.5. The van der Waals surface area contributed by atoms with Crippen molar-refractivity contribution in [3.05, 3.63) is 40.1 Å². The van der Waals surface area contributed by atoms with E-state index in [1.165, 1.54) is 11.3 Å². The van der Waals surface area contributed by atoms with Crippen molar-refractivity contribution in [2.24, 2.45) is 0 Å². The van der Waals surface area contributed by atoms with Crippen LogP contribution in [-0.4, -0.2) is 45.3 Å². The zero-order valence-corrected chi connectivity index (χ0v) is 14.8. The van der Waals surface area contributed by atoms with Gasteiger partial charge in [-0.1, -0.05) is 0 Å². The van der Waals surface area contributed by atoms with Crippen LogP contribution in [0.3, 0.4) is 0 Å². The molecule has 0 bridgehead atoms. The lowest BCUT2D eigenvalue weighted by molar-refractivity contribution is 0.0955. The number of fused-ring (bicyclic) bond motifs is 1. The molecule has 1 aliphatic rings. The first-order valence-electron chi connectivity index (χ1n) is 8.44. The first-order valence-corrected chi connectivity index (χ1v) is 9.32. The largest absolute Gasteiger partial charge is 0.349 e. The Kier molecular flexibility index (Phi) is 4.46. The van der Waals surface area contributed by atoms with Gasteiger partial charge in [0.05, 0.1) is 23.4 Å². The SMILES string of the molecule is Cc1ncsc1C(=O)NCCn1nc([C@@H]2CCNC2)c2cccnc21. The molecule has 1 saturated heterocycles. The number of aromatic nitrogens is 4. The van der Waals surface area contributed by atoms with Gasteiger partial charge in [0.15, 0.2) is 5.65 Å². The van der Waals surface area contributed by atoms with Gasteiger partial charge in [-0.2, -0.15) is 5.10 Å². The molecule has 3 aromatic heterocycles. The minimum Gasteiger partial charge on any atom is -0.349 e. The second-order valence-corrected chi connectivity index (χ2v) is 7.05. The van der Waals surface area contributed by atoms with Crippen molar-refractivity contribution in [1.82, 2.24) is 30.4 Å². The van der Waals surface area contributed by atoms with E-state index in [2.05, 4.69) is 26.7 Å². The molecule has 130 valence electrons. The molecule has 0 spiro atoms. The fraction of sp³-hybridized carbons (Fsp3) is 0.412. The summed E-state index contributed by atoms with van der Waals surface area (Å²) in [5, 5.41) is 12.3. The number of carbonyl (C=O) groups is 1. The van der Waals surface area contributed by atoms with Gasteiger partial charge in [-0.05, 0) is 32.0 Å². The zero-order chi connectivity index (χ0) is 17.2. The van der Waals surface area contributed by atoms with E-state index < -0.39 is 0 Å². The smallest absolute Gasteiger partial charge is 0.263 e. The average molecular weight is 356 g/mol. The number of aryl methyl sites for hydroxylation is 1. The second kappa shape index (κ2) is 6.89. The van der Waals surface area contributed by atoms with Crippen LogP contribution in [0.5, 0.6) is 0 Å². The van der Waals surface area contributed by atoms with Gasteiger partial charge in [0.2, 0.25) is 0 Å². The van der Waals surface area contributed by atoms with Crippen LogP contribution < -0.4 is 10.6 Å². The lowest BCUT2D eigenvalue weighted by Gasteiger charge is -2.06. The van der Waals surface area contributed by atoms with E-state index in [1.807, 2.05) is 17.7 Å². The molecule has 4 heterocycles. The Bertz CT molecular complexity index is 896. The first-order chi connectivity index (χ1) is 12.2. The van der Waals surface area contributed by atoms with Crippen LogP contribution in [0.2, 0.25) is 0 Å². The van der Waals surface area contributed by atoms with E-state index in [0.29, 0.717) is 23.9 Å². The molecule has 3 aromatic rings. The molecule has 2 N–H and O–H groups in total. The average Bonchev–Trinajstić information content (AvgIpc) is 3.34. The van der Waals surface area contributed by atoms with Crippen LogP contribution in [0, 0.1) is 6.92 Å². The van der Waals surface area contributed by atoms with Crippen LogP contribution in [0.25, 0.3) is 11.0 Å². The van der Waals surface area contributed by atoms with Crippen molar-refractivity contribution in [2.75, 3.05) is 19.6 Å². The number of carbonyl (C=O) groups excluding carboxylic acids is 1. The molecule has 1 aliphatic heterocycles. The number of nitrogens with zero attached hydrogens (tertiary/aromatic N) is 4. The number of thiazole rings is 1. The third kappa shape index (κ3) is 3.14. The molecule has 1 amide bonds. The van der Waals surface area contributed by atoms with Crippen molar-refractivity contribution < 1.29 is 4.79 Å². The topological polar surface area (TPSA) is 84.7 Å². The van der Waals surface area contributed by atoms with Gasteiger partial charge in [-0.15, -0.1) is 11.3 Å². The van der Waals surface area contributed by atoms with E-state index in [1.54, 1.807) is 11.7 Å². The van der Waals surface area contributed by atoms with Crippen LogP contribution >= 0.6 is 11.3 Å². The van der Waals surface area contributed by atoms with Gasteiger partial charge in [0, 0.05) is 30.6 Å². The third-order valence-electron chi connectivity index (χ3n) is 4.54. The summed E-state index contributed by atoms with van der Waals surface area (Å²) in [7, 11) is 0. The summed E-state index contributed by atoms with van der Waals surface area (Å²) < 4.78 is 1.91. The van der Waals surface area contributed by atoms with Crippen LogP contribution in [0.1, 0.15) is 33.4 Å². The van der Waals surface area contributed by atoms with Gasteiger partial charge in [0.25, 0.3) is 5.91 Å². The van der Waals surface area contributed by atoms with Crippen LogP contribution in [0.4, 0.5) is 0 Å². The second-order valence-electron chi connectivity index (χ2n) is 6.20. The molecule has 0 aromatic carbocycles. The molecule has 7 nitrogen and oxygen atoms in total. The third-order valence-corrected chi connectivity index (χ3v) is 5.47. The molecule has 0 unspecified atom stereocenters. The van der Waals surface area contributed by atoms with E-state index in [9.17, 15) is 4.79 Å². The molecule has 4 rings (SSSR count). The van der Waals surface area contributed by atoms with Crippen molar-refractivity contribution in [2.45, 2.75) is 25.8 Å². The lowest BCUT2D eigenvalue weighted by atomic mass is 10.0. The highest BCUT2D eigenvalue weighted by atomic mass is 32.1. The maximum absolute atomic E-state index is 12.2. The Hall–Kier alpha value is -2.32. The van der Waals surface area contributed by atoms with Crippen molar-refractivity contribution >= 4 is 28.3 Å². The number of hydrogen-bond acceptors (Lipinski definition) is 6. The number of nitrogens with one attached hydrogen (secondary N) is 2. The standard InChI is InChI=1S/C17H20N6OS/c1-11-15(25-10-21-11)17(24)20-7-8-23-16-13(3-2-5-19-16)14(22-23)12-4-6-18-9-12/h2-3,5,10,12,18H,4,6-9H2,1H3,(H,20,24)/t12-/m1/s1. The van der Waals surface area contributed by atoms with Crippen molar-refractivity contribution in [3.8, 4) is 0 Å². The lowest BCUT2D eigenvalue weighted by Crippen LogP contribution is -2.27. The molecule has 1 fully saturated rings. The first kappa shape index (κ1) is 16.2. The van der Waals surface area contributed by atoms with Gasteiger partial charge < -0.3 is 10.6 Å². The quantitative estimate of drug-likeness (QED) is 0.727. The number of rotatable bonds is 5. The zero-order valence-electron chi connectivity index (χ0n) is 14.0. The Morgan fingerprint density at radius 3 is 3.16 bits per heavy atom. The van der Waals surface area contributed by atoms with Gasteiger partial charge >= 0.3 is 0 Å². The summed E-state index contributed by atoms with van der Waals surface area (Å²) >= 11 is 1.36. The van der Waals surface area contributed by atoms with E-state index in [-0.39, 0.29) is 5.91 Å². The molecule has 25 heavy (non-hydrogen) atoms. The Labute approximate surface area is 149 Å². The van der Waals surface area contributed by atoms with E-state index >= 15 is 0 Å². The molecule has 1 atom stereocenters. The molecular weight excluding hydrogens is 336 g/mol. The highest BCUT2D eigenvalue weighted by Gasteiger charge is 2.23. The maximum Gasteiger partial charge on any atom is 0.263 e. The van der Waals surface area contributed by atoms with Gasteiger partial charge in [-0.25, -0.2) is 14.6 Å². The summed E-state index contributed by atoms with van der Waals surface area (Å²) in [6.07, 6.45) is 2.89. The molecule has 0 aliphatic carbocycles. The van der Waals surface area contributed by atoms with Gasteiger partial charge in [-0.3, -0.25) is 4.79 Å². The minimum absolute atomic E-state index is 0.0790.